The van der Waals surface area contributed by atoms with Gasteiger partial charge in [-0.1, -0.05) is 6.07 Å². The van der Waals surface area contributed by atoms with E-state index < -0.39 is 23.1 Å². The molecule has 170 valence electrons. The summed E-state index contributed by atoms with van der Waals surface area (Å²) >= 11 is 0. The molecule has 1 aliphatic heterocycles. The number of nitrogens with one attached hydrogen (secondary N) is 2. The number of phenols is 1. The predicted molar refractivity (Wildman–Crippen MR) is 115 cm³/mol. The molecule has 11 heteroatoms. The number of imidazole rings is 1. The van der Waals surface area contributed by atoms with Gasteiger partial charge in [-0.15, -0.1) is 0 Å². The van der Waals surface area contributed by atoms with Crippen molar-refractivity contribution in [3.8, 4) is 5.75 Å². The molecule has 0 spiro atoms. The first-order valence-corrected chi connectivity index (χ1v) is 10.3. The fraction of sp³-hybridized carbons (Fsp3) is 0.227. The minimum absolute atomic E-state index is 0.0863. The standard InChI is InChI=1S/C22H19F3N6O2/c23-12-8-16(24)19(17(25)9-12)29-22-28-18-11-26-21(27-13-2-1-3-15(32)10-13)30-20(18)31(22)14-4-6-33-7-5-14/h1-3,8-11,14,32H,4-7H2,(H,28,29)(H,26,27,30). The van der Waals surface area contributed by atoms with E-state index in [1.807, 2.05) is 0 Å². The quantitative estimate of drug-likeness (QED) is 0.397. The van der Waals surface area contributed by atoms with Crippen molar-refractivity contribution < 1.29 is 23.0 Å². The first kappa shape index (κ1) is 21.0. The zero-order valence-electron chi connectivity index (χ0n) is 17.2. The SMILES string of the molecule is Oc1cccc(Nc2ncc3nc(Nc4c(F)cc(F)cc4F)n(C4CCOCC4)c3n2)c1. The number of aromatic nitrogens is 4. The third-order valence-corrected chi connectivity index (χ3v) is 5.33. The number of rotatable bonds is 5. The lowest BCUT2D eigenvalue weighted by Crippen LogP contribution is -2.21. The second kappa shape index (κ2) is 8.58. The number of hydrogen-bond donors (Lipinski definition) is 3. The van der Waals surface area contributed by atoms with E-state index in [1.54, 1.807) is 22.8 Å². The molecule has 0 amide bonds. The Hall–Kier alpha value is -3.86. The third kappa shape index (κ3) is 4.27. The molecule has 8 nitrogen and oxygen atoms in total. The minimum Gasteiger partial charge on any atom is -0.508 e. The summed E-state index contributed by atoms with van der Waals surface area (Å²) < 4.78 is 49.2. The fourth-order valence-electron chi connectivity index (χ4n) is 3.81. The van der Waals surface area contributed by atoms with E-state index >= 15 is 0 Å². The van der Waals surface area contributed by atoms with Crippen LogP contribution in [0.25, 0.3) is 11.2 Å². The Balaban J connectivity index is 1.58. The molecule has 1 fully saturated rings. The Kier molecular flexibility index (Phi) is 5.47. The maximum absolute atomic E-state index is 14.3. The summed E-state index contributed by atoms with van der Waals surface area (Å²) in [6.07, 6.45) is 2.79. The molecule has 1 aliphatic rings. The van der Waals surface area contributed by atoms with Crippen molar-refractivity contribution in [2.24, 2.45) is 0 Å². The summed E-state index contributed by atoms with van der Waals surface area (Å²) in [5.74, 6) is -2.66. The summed E-state index contributed by atoms with van der Waals surface area (Å²) in [5, 5.41) is 15.4. The lowest BCUT2D eigenvalue weighted by Gasteiger charge is -2.25. The van der Waals surface area contributed by atoms with Crippen LogP contribution in [0.4, 0.5) is 36.4 Å². The van der Waals surface area contributed by atoms with Gasteiger partial charge in [0.05, 0.1) is 6.20 Å². The topological polar surface area (TPSA) is 97.1 Å². The molecular weight excluding hydrogens is 437 g/mol. The van der Waals surface area contributed by atoms with Gasteiger partial charge in [-0.2, -0.15) is 4.98 Å². The minimum atomic E-state index is -1.07. The van der Waals surface area contributed by atoms with Crippen LogP contribution in [0.2, 0.25) is 0 Å². The summed E-state index contributed by atoms with van der Waals surface area (Å²) in [6, 6.07) is 7.60. The van der Waals surface area contributed by atoms with E-state index in [0.29, 0.717) is 55.0 Å². The van der Waals surface area contributed by atoms with E-state index in [2.05, 4.69) is 25.6 Å². The monoisotopic (exact) mass is 456 g/mol. The van der Waals surface area contributed by atoms with Crippen molar-refractivity contribution in [1.29, 1.82) is 0 Å². The zero-order valence-corrected chi connectivity index (χ0v) is 17.2. The summed E-state index contributed by atoms with van der Waals surface area (Å²) in [5.41, 5.74) is 0.935. The fourth-order valence-corrected chi connectivity index (χ4v) is 3.81. The van der Waals surface area contributed by atoms with Crippen molar-refractivity contribution in [3.63, 3.8) is 0 Å². The highest BCUT2D eigenvalue weighted by Crippen LogP contribution is 2.33. The van der Waals surface area contributed by atoms with E-state index in [1.165, 1.54) is 12.3 Å². The molecule has 1 saturated heterocycles. The number of aromatic hydroxyl groups is 1. The van der Waals surface area contributed by atoms with E-state index in [-0.39, 0.29) is 23.7 Å². The largest absolute Gasteiger partial charge is 0.508 e. The second-order valence-electron chi connectivity index (χ2n) is 7.60. The van der Waals surface area contributed by atoms with Crippen LogP contribution in [0.15, 0.2) is 42.6 Å². The van der Waals surface area contributed by atoms with Crippen molar-refractivity contribution in [3.05, 3.63) is 60.0 Å². The Morgan fingerprint density at radius 3 is 2.48 bits per heavy atom. The molecule has 2 aromatic carbocycles. The molecule has 3 N–H and O–H groups in total. The van der Waals surface area contributed by atoms with E-state index in [4.69, 9.17) is 4.74 Å². The number of hydrogen-bond acceptors (Lipinski definition) is 7. The number of benzene rings is 2. The molecule has 0 radical (unpaired) electrons. The first-order valence-electron chi connectivity index (χ1n) is 10.3. The number of halogens is 3. The van der Waals surface area contributed by atoms with Gasteiger partial charge in [0.1, 0.15) is 22.8 Å². The van der Waals surface area contributed by atoms with Gasteiger partial charge < -0.3 is 20.5 Å². The maximum Gasteiger partial charge on any atom is 0.229 e. The lowest BCUT2D eigenvalue weighted by atomic mass is 10.1. The summed E-state index contributed by atoms with van der Waals surface area (Å²) in [6.45, 7) is 1.03. The molecule has 3 heterocycles. The molecular formula is C22H19F3N6O2. The predicted octanol–water partition coefficient (Wildman–Crippen LogP) is 4.79. The average molecular weight is 456 g/mol. The Labute approximate surface area is 186 Å². The molecule has 33 heavy (non-hydrogen) atoms. The highest BCUT2D eigenvalue weighted by Gasteiger charge is 2.25. The van der Waals surface area contributed by atoms with Gasteiger partial charge in [0.25, 0.3) is 0 Å². The zero-order chi connectivity index (χ0) is 22.9. The molecule has 2 aromatic heterocycles. The average Bonchev–Trinajstić information content (AvgIpc) is 3.14. The molecule has 0 unspecified atom stereocenters. The molecule has 4 aromatic rings. The van der Waals surface area contributed by atoms with Gasteiger partial charge in [-0.3, -0.25) is 4.57 Å². The number of anilines is 4. The van der Waals surface area contributed by atoms with Crippen LogP contribution in [0, 0.1) is 17.5 Å². The van der Waals surface area contributed by atoms with Gasteiger partial charge in [-0.05, 0) is 25.0 Å². The highest BCUT2D eigenvalue weighted by atomic mass is 19.1. The van der Waals surface area contributed by atoms with Crippen LogP contribution in [-0.2, 0) is 4.74 Å². The van der Waals surface area contributed by atoms with Gasteiger partial charge in [0.15, 0.2) is 17.3 Å². The molecule has 5 rings (SSSR count). The van der Waals surface area contributed by atoms with Crippen molar-refractivity contribution in [2.45, 2.75) is 18.9 Å². The van der Waals surface area contributed by atoms with Crippen LogP contribution in [-0.4, -0.2) is 37.8 Å². The summed E-state index contributed by atoms with van der Waals surface area (Å²) in [7, 11) is 0. The van der Waals surface area contributed by atoms with Gasteiger partial charge >= 0.3 is 0 Å². The van der Waals surface area contributed by atoms with Crippen molar-refractivity contribution in [2.75, 3.05) is 23.8 Å². The van der Waals surface area contributed by atoms with Crippen molar-refractivity contribution >= 4 is 34.4 Å². The second-order valence-corrected chi connectivity index (χ2v) is 7.60. The van der Waals surface area contributed by atoms with E-state index in [0.717, 1.165) is 0 Å². The molecule has 0 saturated carbocycles. The Bertz CT molecular complexity index is 1300. The van der Waals surface area contributed by atoms with Crippen LogP contribution < -0.4 is 10.6 Å². The molecule has 0 aliphatic carbocycles. The third-order valence-electron chi connectivity index (χ3n) is 5.33. The van der Waals surface area contributed by atoms with E-state index in [9.17, 15) is 18.3 Å². The lowest BCUT2D eigenvalue weighted by molar-refractivity contribution is 0.0710. The Morgan fingerprint density at radius 2 is 1.76 bits per heavy atom. The molecule has 0 atom stereocenters. The van der Waals surface area contributed by atoms with Crippen molar-refractivity contribution in [1.82, 2.24) is 19.5 Å². The number of nitrogens with zero attached hydrogens (tertiary/aromatic N) is 4. The highest BCUT2D eigenvalue weighted by molar-refractivity contribution is 5.77. The van der Waals surface area contributed by atoms with Crippen LogP contribution in [0.1, 0.15) is 18.9 Å². The number of phenolic OH excluding ortho intramolecular Hbond substituents is 1. The smallest absolute Gasteiger partial charge is 0.229 e. The normalized spacial score (nSPS) is 14.5. The van der Waals surface area contributed by atoms with Gasteiger partial charge in [0, 0.05) is 43.1 Å². The Morgan fingerprint density at radius 1 is 1.00 bits per heavy atom. The molecule has 0 bridgehead atoms. The van der Waals surface area contributed by atoms with Crippen LogP contribution in [0.3, 0.4) is 0 Å². The van der Waals surface area contributed by atoms with Gasteiger partial charge in [0.2, 0.25) is 11.9 Å². The first-order chi connectivity index (χ1) is 16.0. The van der Waals surface area contributed by atoms with Gasteiger partial charge in [-0.25, -0.2) is 23.1 Å². The number of ether oxygens (including phenoxy) is 1. The number of fused-ring (bicyclic) bond motifs is 1. The maximum atomic E-state index is 14.3. The van der Waals surface area contributed by atoms with Crippen LogP contribution >= 0.6 is 0 Å². The summed E-state index contributed by atoms with van der Waals surface area (Å²) in [4.78, 5) is 13.3. The van der Waals surface area contributed by atoms with Crippen LogP contribution in [0.5, 0.6) is 5.75 Å².